The van der Waals surface area contributed by atoms with Crippen LogP contribution in [0.5, 0.6) is 5.75 Å². The third kappa shape index (κ3) is 2.67. The Morgan fingerprint density at radius 1 is 0.765 bits per heavy atom. The Morgan fingerprint density at radius 2 is 1.59 bits per heavy atom. The zero-order valence-corrected chi connectivity index (χ0v) is 19.3. The molecule has 0 aliphatic carbocycles. The highest BCUT2D eigenvalue weighted by molar-refractivity contribution is 6.14. The lowest BCUT2D eigenvalue weighted by Gasteiger charge is -2.11. The van der Waals surface area contributed by atoms with Crippen LogP contribution in [-0.2, 0) is 13.5 Å². The largest absolute Gasteiger partial charge is 0.492 e. The van der Waals surface area contributed by atoms with Crippen molar-refractivity contribution in [2.75, 3.05) is 6.61 Å². The number of pyridine rings is 1. The third-order valence-corrected chi connectivity index (χ3v) is 7.18. The molecule has 0 bridgehead atoms. The van der Waals surface area contributed by atoms with Crippen LogP contribution in [-0.4, -0.2) is 6.61 Å². The van der Waals surface area contributed by atoms with E-state index < -0.39 is 0 Å². The van der Waals surface area contributed by atoms with E-state index in [9.17, 15) is 0 Å². The topological polar surface area (TPSA) is 26.2 Å². The van der Waals surface area contributed by atoms with Gasteiger partial charge in [-0.15, -0.1) is 0 Å². The monoisotopic (exact) mass is 442 g/mol. The number of benzene rings is 4. The van der Waals surface area contributed by atoms with Crippen molar-refractivity contribution in [1.29, 1.82) is 0 Å². The molecule has 0 saturated carbocycles. The van der Waals surface area contributed by atoms with Crippen LogP contribution in [0.2, 0.25) is 0 Å². The summed E-state index contributed by atoms with van der Waals surface area (Å²) in [4.78, 5) is 0. The van der Waals surface area contributed by atoms with E-state index in [0.29, 0.717) is 0 Å². The van der Waals surface area contributed by atoms with Gasteiger partial charge in [-0.2, -0.15) is 0 Å². The highest BCUT2D eigenvalue weighted by Gasteiger charge is 2.25. The summed E-state index contributed by atoms with van der Waals surface area (Å²) in [5.41, 5.74) is 8.99. The minimum absolute atomic E-state index is 0.723. The average molecular weight is 443 g/mol. The van der Waals surface area contributed by atoms with E-state index in [4.69, 9.17) is 9.15 Å². The second-order valence-electron chi connectivity index (χ2n) is 9.17. The molecule has 7 rings (SSSR count). The Kier molecular flexibility index (Phi) is 4.10. The first-order valence-corrected chi connectivity index (χ1v) is 11.8. The number of furan rings is 1. The van der Waals surface area contributed by atoms with Crippen LogP contribution in [0, 0.1) is 6.92 Å². The standard InChI is InChI=1S/C31H24NO2/c1-19-13-14-24-22-10-7-11-23(30(22)34-31(24)28(19)27-12-5-6-16-32(27)2)26-18-20-8-3-4-9-21(20)29-25(26)15-17-33-29/h3-14,16,18H,15,17H2,1-2H3/q+1. The van der Waals surface area contributed by atoms with E-state index in [0.717, 1.165) is 57.5 Å². The van der Waals surface area contributed by atoms with Crippen molar-refractivity contribution < 1.29 is 13.7 Å². The zero-order valence-electron chi connectivity index (χ0n) is 19.3. The molecule has 0 fully saturated rings. The quantitative estimate of drug-likeness (QED) is 0.266. The van der Waals surface area contributed by atoms with Crippen LogP contribution in [0.25, 0.3) is 55.1 Å². The van der Waals surface area contributed by atoms with Crippen molar-refractivity contribution in [3.63, 3.8) is 0 Å². The van der Waals surface area contributed by atoms with Crippen molar-refractivity contribution in [2.24, 2.45) is 7.05 Å². The lowest BCUT2D eigenvalue weighted by molar-refractivity contribution is -0.660. The molecule has 34 heavy (non-hydrogen) atoms. The van der Waals surface area contributed by atoms with E-state index in [-0.39, 0.29) is 0 Å². The van der Waals surface area contributed by atoms with Crippen molar-refractivity contribution in [3.8, 4) is 28.1 Å². The summed E-state index contributed by atoms with van der Waals surface area (Å²) in [6, 6.07) is 28.0. The van der Waals surface area contributed by atoms with Crippen molar-refractivity contribution in [3.05, 3.63) is 96.2 Å². The lowest BCUT2D eigenvalue weighted by Crippen LogP contribution is -2.30. The van der Waals surface area contributed by atoms with Gasteiger partial charge >= 0.3 is 0 Å². The van der Waals surface area contributed by atoms with Crippen LogP contribution in [0.1, 0.15) is 11.1 Å². The fraction of sp³-hybridized carbons (Fsp3) is 0.129. The van der Waals surface area contributed by atoms with E-state index in [1.807, 2.05) is 0 Å². The average Bonchev–Trinajstić information content (AvgIpc) is 3.49. The molecule has 0 amide bonds. The molecule has 1 aliphatic rings. The number of fused-ring (bicyclic) bond motifs is 6. The molecule has 164 valence electrons. The van der Waals surface area contributed by atoms with Crippen molar-refractivity contribution in [2.45, 2.75) is 13.3 Å². The zero-order chi connectivity index (χ0) is 22.8. The van der Waals surface area contributed by atoms with Gasteiger partial charge in [0.25, 0.3) is 0 Å². The predicted molar refractivity (Wildman–Crippen MR) is 137 cm³/mol. The Morgan fingerprint density at radius 3 is 2.50 bits per heavy atom. The fourth-order valence-corrected chi connectivity index (χ4v) is 5.54. The van der Waals surface area contributed by atoms with Gasteiger partial charge < -0.3 is 9.15 Å². The van der Waals surface area contributed by atoms with Crippen molar-refractivity contribution >= 4 is 32.7 Å². The fourth-order valence-electron chi connectivity index (χ4n) is 5.54. The maximum absolute atomic E-state index is 6.78. The highest BCUT2D eigenvalue weighted by atomic mass is 16.5. The summed E-state index contributed by atoms with van der Waals surface area (Å²) < 4.78 is 15.1. The number of hydrogen-bond donors (Lipinski definition) is 0. The molecule has 0 atom stereocenters. The molecule has 1 aliphatic heterocycles. The number of para-hydroxylation sites is 1. The lowest BCUT2D eigenvalue weighted by atomic mass is 9.92. The Balaban J connectivity index is 1.57. The molecule has 3 heteroatoms. The van der Waals surface area contributed by atoms with Gasteiger partial charge in [0.05, 0.1) is 12.2 Å². The van der Waals surface area contributed by atoms with Crippen LogP contribution in [0.4, 0.5) is 0 Å². The first-order chi connectivity index (χ1) is 16.7. The minimum Gasteiger partial charge on any atom is -0.492 e. The number of hydrogen-bond acceptors (Lipinski definition) is 2. The normalized spacial score (nSPS) is 13.0. The Hall–Kier alpha value is -4.11. The number of rotatable bonds is 2. The third-order valence-electron chi connectivity index (χ3n) is 7.18. The molecule has 0 N–H and O–H groups in total. The van der Waals surface area contributed by atoms with E-state index in [1.54, 1.807) is 0 Å². The number of aryl methyl sites for hydroxylation is 2. The van der Waals surface area contributed by atoms with E-state index in [2.05, 4.69) is 104 Å². The van der Waals surface area contributed by atoms with Crippen LogP contribution < -0.4 is 9.30 Å². The smallest absolute Gasteiger partial charge is 0.216 e. The van der Waals surface area contributed by atoms with Gasteiger partial charge in [-0.05, 0) is 35.6 Å². The van der Waals surface area contributed by atoms with Crippen LogP contribution in [0.3, 0.4) is 0 Å². The summed E-state index contributed by atoms with van der Waals surface area (Å²) in [5, 5.41) is 4.67. The molecule has 0 radical (unpaired) electrons. The van der Waals surface area contributed by atoms with Gasteiger partial charge in [0.15, 0.2) is 6.20 Å². The minimum atomic E-state index is 0.723. The van der Waals surface area contributed by atoms with Gasteiger partial charge in [0, 0.05) is 45.8 Å². The molecule has 6 aromatic rings. The summed E-state index contributed by atoms with van der Waals surface area (Å²) in [5.74, 6) is 1.02. The van der Waals surface area contributed by atoms with Gasteiger partial charge in [0.1, 0.15) is 24.0 Å². The molecule has 4 aromatic carbocycles. The molecule has 0 unspecified atom stereocenters. The van der Waals surface area contributed by atoms with Gasteiger partial charge in [-0.25, -0.2) is 4.57 Å². The molecule has 3 heterocycles. The van der Waals surface area contributed by atoms with Crippen molar-refractivity contribution in [1.82, 2.24) is 0 Å². The molecular formula is C31H24NO2+. The van der Waals surface area contributed by atoms with Crippen LogP contribution in [0.15, 0.2) is 89.5 Å². The van der Waals surface area contributed by atoms with Gasteiger partial charge in [-0.1, -0.05) is 54.6 Å². The summed E-state index contributed by atoms with van der Waals surface area (Å²) in [6.07, 6.45) is 3.00. The SMILES string of the molecule is Cc1ccc2c(oc3c(-c4cc5ccccc5c5c4CCO5)cccc32)c1-c1cccc[n+]1C. The number of nitrogens with zero attached hydrogens (tertiary/aromatic N) is 1. The number of ether oxygens (including phenoxy) is 1. The molecule has 0 spiro atoms. The first kappa shape index (κ1) is 19.4. The second-order valence-corrected chi connectivity index (χ2v) is 9.17. The Bertz CT molecular complexity index is 1760. The van der Waals surface area contributed by atoms with Gasteiger partial charge in [0.2, 0.25) is 5.69 Å². The molecule has 0 saturated heterocycles. The summed E-state index contributed by atoms with van der Waals surface area (Å²) >= 11 is 0. The Labute approximate surface area is 197 Å². The molecule has 3 nitrogen and oxygen atoms in total. The maximum Gasteiger partial charge on any atom is 0.216 e. The van der Waals surface area contributed by atoms with E-state index >= 15 is 0 Å². The highest BCUT2D eigenvalue weighted by Crippen LogP contribution is 2.45. The summed E-state index contributed by atoms with van der Waals surface area (Å²) in [6.45, 7) is 2.88. The van der Waals surface area contributed by atoms with Gasteiger partial charge in [-0.3, -0.25) is 0 Å². The van der Waals surface area contributed by atoms with E-state index in [1.165, 1.54) is 27.5 Å². The molecule has 2 aromatic heterocycles. The molecular weight excluding hydrogens is 418 g/mol. The number of aromatic nitrogens is 1. The van der Waals surface area contributed by atoms with Crippen LogP contribution >= 0.6 is 0 Å². The predicted octanol–water partition coefficient (Wildman–Crippen LogP) is 7.14. The second kappa shape index (κ2) is 7.19. The maximum atomic E-state index is 6.78. The summed E-state index contributed by atoms with van der Waals surface area (Å²) in [7, 11) is 2.08. The first-order valence-electron chi connectivity index (χ1n) is 11.8.